The topological polar surface area (TPSA) is 66.8 Å². The highest BCUT2D eigenvalue weighted by molar-refractivity contribution is 6.31. The summed E-state index contributed by atoms with van der Waals surface area (Å²) in [7, 11) is 1.63. The van der Waals surface area contributed by atoms with Gasteiger partial charge in [0.1, 0.15) is 17.0 Å². The molecule has 2 aromatic carbocycles. The molecule has 0 bridgehead atoms. The van der Waals surface area contributed by atoms with Crippen molar-refractivity contribution in [3.8, 4) is 5.75 Å². The molecule has 208 valence electrons. The number of fused-ring (bicyclic) bond motifs is 3. The van der Waals surface area contributed by atoms with Gasteiger partial charge in [0, 0.05) is 42.7 Å². The number of nitrogens with one attached hydrogen (secondary N) is 1. The van der Waals surface area contributed by atoms with E-state index >= 15 is 0 Å². The second-order valence-corrected chi connectivity index (χ2v) is 12.0. The van der Waals surface area contributed by atoms with Gasteiger partial charge in [-0.05, 0) is 68.0 Å². The van der Waals surface area contributed by atoms with Gasteiger partial charge >= 0.3 is 0 Å². The number of amides is 2. The van der Waals surface area contributed by atoms with Crippen molar-refractivity contribution in [2.24, 2.45) is 11.8 Å². The normalized spacial score (nSPS) is 23.6. The summed E-state index contributed by atoms with van der Waals surface area (Å²) in [5.74, 6) is 1.78. The summed E-state index contributed by atoms with van der Waals surface area (Å²) in [6, 6.07) is 15.1. The van der Waals surface area contributed by atoms with Crippen molar-refractivity contribution < 1.29 is 14.3 Å². The van der Waals surface area contributed by atoms with Crippen LogP contribution in [0.1, 0.15) is 49.7 Å². The Hall–Kier alpha value is -3.03. The summed E-state index contributed by atoms with van der Waals surface area (Å²) in [5.41, 5.74) is 1.14. The highest BCUT2D eigenvalue weighted by atomic mass is 35.5. The van der Waals surface area contributed by atoms with E-state index in [1.54, 1.807) is 12.0 Å². The molecule has 1 fully saturated rings. The largest absolute Gasteiger partial charge is 0.497 e. The number of nitrogens with zero attached hydrogens (tertiary/aromatic N) is 3. The van der Waals surface area contributed by atoms with E-state index in [1.807, 2.05) is 60.0 Å². The average Bonchev–Trinajstić information content (AvgIpc) is 3.26. The summed E-state index contributed by atoms with van der Waals surface area (Å²) >= 11 is 6.50. The van der Waals surface area contributed by atoms with Gasteiger partial charge in [-0.3, -0.25) is 9.59 Å². The first-order chi connectivity index (χ1) is 18.7. The smallest absolute Gasteiger partial charge is 0.271 e. The molecule has 0 unspecified atom stereocenters. The summed E-state index contributed by atoms with van der Waals surface area (Å²) in [6.45, 7) is 10.8. The van der Waals surface area contributed by atoms with Crippen LogP contribution in [0.25, 0.3) is 10.9 Å². The van der Waals surface area contributed by atoms with Crippen LogP contribution in [0.15, 0.2) is 48.5 Å². The number of ether oxygens (including phenoxy) is 1. The standard InChI is InChI=1S/C31H39ClN4O3/c1-21-14-22(2)18-34(17-21)13-7-12-33-30(38)31(3)20-35-27-16-25(39-4)11-10-23(27)15-28(35)29(37)36(31)19-24-8-5-6-9-26(24)32/h5-6,8-11,15-16,21-22H,7,12-14,17-20H2,1-4H3,(H,33,38)/t21-,22+,31-/m0/s1. The highest BCUT2D eigenvalue weighted by Crippen LogP contribution is 2.35. The lowest BCUT2D eigenvalue weighted by atomic mass is 9.92. The summed E-state index contributed by atoms with van der Waals surface area (Å²) in [6.07, 6.45) is 2.15. The summed E-state index contributed by atoms with van der Waals surface area (Å²) in [5, 5.41) is 4.68. The Morgan fingerprint density at radius 3 is 2.59 bits per heavy atom. The molecule has 2 aliphatic heterocycles. The van der Waals surface area contributed by atoms with E-state index in [0.717, 1.165) is 42.5 Å². The lowest BCUT2D eigenvalue weighted by molar-refractivity contribution is -0.133. The molecule has 2 aliphatic rings. The number of hydrogen-bond donors (Lipinski definition) is 1. The molecule has 0 spiro atoms. The molecule has 1 N–H and O–H groups in total. The van der Waals surface area contributed by atoms with Crippen LogP contribution in [0.3, 0.4) is 0 Å². The molecule has 39 heavy (non-hydrogen) atoms. The average molecular weight is 551 g/mol. The van der Waals surface area contributed by atoms with E-state index in [4.69, 9.17) is 16.3 Å². The highest BCUT2D eigenvalue weighted by Gasteiger charge is 2.47. The maximum absolute atomic E-state index is 14.0. The zero-order valence-electron chi connectivity index (χ0n) is 23.4. The summed E-state index contributed by atoms with van der Waals surface area (Å²) in [4.78, 5) is 32.1. The Morgan fingerprint density at radius 1 is 1.13 bits per heavy atom. The quantitative estimate of drug-likeness (QED) is 0.391. The van der Waals surface area contributed by atoms with Gasteiger partial charge in [0.2, 0.25) is 5.91 Å². The molecule has 1 saturated heterocycles. The maximum Gasteiger partial charge on any atom is 0.271 e. The van der Waals surface area contributed by atoms with Crippen molar-refractivity contribution in [2.45, 2.75) is 52.2 Å². The molecule has 0 radical (unpaired) electrons. The minimum atomic E-state index is -1.10. The van der Waals surface area contributed by atoms with Crippen LogP contribution in [0, 0.1) is 11.8 Å². The Bertz CT molecular complexity index is 1360. The van der Waals surface area contributed by atoms with Crippen molar-refractivity contribution >= 4 is 34.3 Å². The first-order valence-electron chi connectivity index (χ1n) is 13.9. The van der Waals surface area contributed by atoms with Gasteiger partial charge in [0.25, 0.3) is 5.91 Å². The molecule has 5 rings (SSSR count). The Kier molecular flexibility index (Phi) is 7.92. The third-order valence-corrected chi connectivity index (χ3v) is 8.66. The molecular weight excluding hydrogens is 512 g/mol. The van der Waals surface area contributed by atoms with Crippen molar-refractivity contribution in [1.29, 1.82) is 0 Å². The zero-order valence-corrected chi connectivity index (χ0v) is 24.1. The Labute approximate surface area is 236 Å². The van der Waals surface area contributed by atoms with E-state index in [2.05, 4.69) is 24.1 Å². The molecule has 0 saturated carbocycles. The molecule has 8 heteroatoms. The number of carbonyl (C=O) groups excluding carboxylic acids is 2. The van der Waals surface area contributed by atoms with E-state index in [0.29, 0.717) is 41.4 Å². The first-order valence-corrected chi connectivity index (χ1v) is 14.3. The van der Waals surface area contributed by atoms with Crippen LogP contribution in [0.4, 0.5) is 0 Å². The monoisotopic (exact) mass is 550 g/mol. The van der Waals surface area contributed by atoms with Crippen molar-refractivity contribution in [2.75, 3.05) is 33.3 Å². The summed E-state index contributed by atoms with van der Waals surface area (Å²) < 4.78 is 7.40. The number of aromatic nitrogens is 1. The predicted molar refractivity (Wildman–Crippen MR) is 155 cm³/mol. The molecule has 3 atom stereocenters. The Balaban J connectivity index is 1.39. The van der Waals surface area contributed by atoms with Crippen LogP contribution < -0.4 is 10.1 Å². The van der Waals surface area contributed by atoms with Gasteiger partial charge < -0.3 is 24.4 Å². The third kappa shape index (κ3) is 5.52. The second kappa shape index (κ2) is 11.2. The van der Waals surface area contributed by atoms with Gasteiger partial charge in [-0.25, -0.2) is 0 Å². The van der Waals surface area contributed by atoms with Crippen LogP contribution in [0.2, 0.25) is 5.02 Å². The first kappa shape index (κ1) is 27.5. The number of carbonyl (C=O) groups is 2. The van der Waals surface area contributed by atoms with E-state index in [1.165, 1.54) is 6.42 Å². The van der Waals surface area contributed by atoms with E-state index in [9.17, 15) is 9.59 Å². The fourth-order valence-corrected chi connectivity index (χ4v) is 6.57. The number of piperidine rings is 1. The zero-order chi connectivity index (χ0) is 27.7. The fourth-order valence-electron chi connectivity index (χ4n) is 6.37. The van der Waals surface area contributed by atoms with Crippen LogP contribution >= 0.6 is 11.6 Å². The third-order valence-electron chi connectivity index (χ3n) is 8.29. The van der Waals surface area contributed by atoms with Crippen LogP contribution in [-0.4, -0.2) is 65.0 Å². The van der Waals surface area contributed by atoms with Crippen LogP contribution in [-0.2, 0) is 17.9 Å². The van der Waals surface area contributed by atoms with E-state index < -0.39 is 5.54 Å². The van der Waals surface area contributed by atoms with Gasteiger partial charge in [-0.1, -0.05) is 43.6 Å². The minimum Gasteiger partial charge on any atom is -0.497 e. The number of benzene rings is 2. The van der Waals surface area contributed by atoms with Crippen molar-refractivity contribution in [3.05, 3.63) is 64.8 Å². The molecule has 1 aromatic heterocycles. The van der Waals surface area contributed by atoms with Crippen LogP contribution in [0.5, 0.6) is 5.75 Å². The molecule has 3 heterocycles. The Morgan fingerprint density at radius 2 is 1.87 bits per heavy atom. The minimum absolute atomic E-state index is 0.154. The number of rotatable bonds is 8. The fraction of sp³-hybridized carbons (Fsp3) is 0.484. The number of likely N-dealkylation sites (tertiary alicyclic amines) is 1. The molecule has 2 amide bonds. The lowest BCUT2D eigenvalue weighted by Gasteiger charge is -2.44. The SMILES string of the molecule is COc1ccc2cc3n(c2c1)C[C@@](C)(C(=O)NCCCN1C[C@H](C)C[C@H](C)C1)N(Cc1ccccc1Cl)C3=O. The predicted octanol–water partition coefficient (Wildman–Crippen LogP) is 5.20. The van der Waals surface area contributed by atoms with Gasteiger partial charge in [-0.2, -0.15) is 0 Å². The molecule has 3 aromatic rings. The molecule has 7 nitrogen and oxygen atoms in total. The second-order valence-electron chi connectivity index (χ2n) is 11.6. The van der Waals surface area contributed by atoms with Gasteiger partial charge in [0.05, 0.1) is 19.2 Å². The van der Waals surface area contributed by atoms with Gasteiger partial charge in [0.15, 0.2) is 0 Å². The van der Waals surface area contributed by atoms with Crippen molar-refractivity contribution in [1.82, 2.24) is 19.7 Å². The molecule has 0 aliphatic carbocycles. The number of halogens is 1. The molecular formula is C31H39ClN4O3. The lowest BCUT2D eigenvalue weighted by Crippen LogP contribution is -2.63. The number of methoxy groups -OCH3 is 1. The van der Waals surface area contributed by atoms with E-state index in [-0.39, 0.29) is 18.4 Å². The number of hydrogen-bond acceptors (Lipinski definition) is 4. The maximum atomic E-state index is 14.0. The van der Waals surface area contributed by atoms with Crippen molar-refractivity contribution in [3.63, 3.8) is 0 Å². The van der Waals surface area contributed by atoms with Gasteiger partial charge in [-0.15, -0.1) is 0 Å².